The topological polar surface area (TPSA) is 123 Å². The van der Waals surface area contributed by atoms with E-state index >= 15 is 0 Å². The van der Waals surface area contributed by atoms with Gasteiger partial charge in [-0.25, -0.2) is 4.79 Å². The Labute approximate surface area is 179 Å². The number of carboxylic acids is 1. The van der Waals surface area contributed by atoms with Crippen molar-refractivity contribution < 1.29 is 47.8 Å². The summed E-state index contributed by atoms with van der Waals surface area (Å²) in [6.45, 7) is 7.92. The maximum absolute atomic E-state index is 10.2. The van der Waals surface area contributed by atoms with E-state index in [4.69, 9.17) is 43.0 Å². The maximum Gasteiger partial charge on any atom is 0.329 e. The van der Waals surface area contributed by atoms with E-state index < -0.39 is 5.97 Å². The summed E-state index contributed by atoms with van der Waals surface area (Å²) in [5.74, 6) is -0.990. The molecule has 0 aliphatic carbocycles. The third-order valence-electron chi connectivity index (χ3n) is 3.33. The molecule has 0 bridgehead atoms. The highest BCUT2D eigenvalue weighted by atomic mass is 16.6. The van der Waals surface area contributed by atoms with E-state index in [2.05, 4.69) is 5.32 Å². The van der Waals surface area contributed by atoms with Crippen LogP contribution in [0.1, 0.15) is 0 Å². The zero-order valence-corrected chi connectivity index (χ0v) is 18.1. The van der Waals surface area contributed by atoms with Crippen molar-refractivity contribution in [2.75, 3.05) is 119 Å². The molecule has 0 aromatic rings. The molecule has 2 N–H and O–H groups in total. The minimum absolute atomic E-state index is 0.251. The largest absolute Gasteiger partial charge is 0.480 e. The predicted molar refractivity (Wildman–Crippen MR) is 108 cm³/mol. The molecule has 0 aromatic heterocycles. The molecule has 180 valence electrons. The Morgan fingerprint density at radius 1 is 0.533 bits per heavy atom. The first-order valence-corrected chi connectivity index (χ1v) is 10.3. The van der Waals surface area contributed by atoms with Gasteiger partial charge in [0.1, 0.15) is 6.61 Å². The molecule has 0 rings (SSSR count). The second-order valence-corrected chi connectivity index (χ2v) is 5.84. The van der Waals surface area contributed by atoms with Crippen LogP contribution < -0.4 is 5.32 Å². The Morgan fingerprint density at radius 3 is 1.07 bits per heavy atom. The van der Waals surface area contributed by atoms with Gasteiger partial charge in [0.2, 0.25) is 0 Å². The van der Waals surface area contributed by atoms with Crippen molar-refractivity contribution in [2.45, 2.75) is 0 Å². The number of likely N-dealkylation sites (N-methyl/N-ethyl adjacent to an activating group) is 1. The van der Waals surface area contributed by atoms with Crippen LogP contribution in [0.5, 0.6) is 0 Å². The van der Waals surface area contributed by atoms with Gasteiger partial charge in [0.25, 0.3) is 0 Å². The predicted octanol–water partition coefficient (Wildman–Crippen LogP) is -0.577. The fourth-order valence-corrected chi connectivity index (χ4v) is 1.87. The summed E-state index contributed by atoms with van der Waals surface area (Å²) in [6.07, 6.45) is 0. The minimum Gasteiger partial charge on any atom is -0.480 e. The van der Waals surface area contributed by atoms with Crippen LogP contribution in [0.2, 0.25) is 0 Å². The van der Waals surface area contributed by atoms with Crippen LogP contribution in [0.3, 0.4) is 0 Å². The molecule has 0 aliphatic heterocycles. The molecule has 0 unspecified atom stereocenters. The number of carbonyl (C=O) groups is 1. The summed E-state index contributed by atoms with van der Waals surface area (Å²) in [5.41, 5.74) is 0. The maximum atomic E-state index is 10.2. The molecule has 0 atom stereocenters. The van der Waals surface area contributed by atoms with E-state index in [1.54, 1.807) is 0 Å². The summed E-state index contributed by atoms with van der Waals surface area (Å²) < 4.78 is 42.3. The van der Waals surface area contributed by atoms with E-state index in [0.717, 1.165) is 6.54 Å². The van der Waals surface area contributed by atoms with E-state index in [-0.39, 0.29) is 13.2 Å². The molecule has 0 heterocycles. The van der Waals surface area contributed by atoms with Crippen LogP contribution in [0.4, 0.5) is 0 Å². The Bertz CT molecular complexity index is 349. The first-order chi connectivity index (χ1) is 14.8. The second kappa shape index (κ2) is 26.1. The van der Waals surface area contributed by atoms with Gasteiger partial charge in [0.05, 0.1) is 99.1 Å². The smallest absolute Gasteiger partial charge is 0.329 e. The first kappa shape index (κ1) is 29.1. The van der Waals surface area contributed by atoms with Gasteiger partial charge in [0, 0.05) is 6.54 Å². The summed E-state index contributed by atoms with van der Waals surface area (Å²) in [4.78, 5) is 10.2. The van der Waals surface area contributed by atoms with Gasteiger partial charge in [-0.2, -0.15) is 0 Å². The van der Waals surface area contributed by atoms with Crippen LogP contribution in [0.15, 0.2) is 0 Å². The van der Waals surface area contributed by atoms with E-state index in [1.807, 2.05) is 7.05 Å². The minimum atomic E-state index is -0.990. The molecule has 0 amide bonds. The quantitative estimate of drug-likeness (QED) is 0.168. The lowest BCUT2D eigenvalue weighted by atomic mass is 10.6. The lowest BCUT2D eigenvalue weighted by Crippen LogP contribution is -2.17. The SMILES string of the molecule is CNCCOCCOCCOCCOCCOCCOCCOCCOCC(=O)O. The lowest BCUT2D eigenvalue weighted by Gasteiger charge is -2.08. The number of nitrogens with one attached hydrogen (secondary N) is 1. The molecular formula is C19H39NO10. The van der Waals surface area contributed by atoms with Gasteiger partial charge < -0.3 is 48.3 Å². The molecule has 0 spiro atoms. The van der Waals surface area contributed by atoms with Crippen molar-refractivity contribution in [3.05, 3.63) is 0 Å². The van der Waals surface area contributed by atoms with Crippen molar-refractivity contribution in [3.63, 3.8) is 0 Å². The van der Waals surface area contributed by atoms with E-state index in [9.17, 15) is 4.79 Å². The Balaban J connectivity index is 2.99. The molecule has 11 heteroatoms. The highest BCUT2D eigenvalue weighted by molar-refractivity contribution is 5.67. The van der Waals surface area contributed by atoms with Gasteiger partial charge in [-0.3, -0.25) is 0 Å². The number of hydrogen-bond donors (Lipinski definition) is 2. The highest BCUT2D eigenvalue weighted by Gasteiger charge is 1.97. The van der Waals surface area contributed by atoms with Crippen LogP contribution in [-0.4, -0.2) is 130 Å². The molecule has 11 nitrogen and oxygen atoms in total. The fraction of sp³-hybridized carbons (Fsp3) is 0.947. The summed E-state index contributed by atoms with van der Waals surface area (Å²) in [6, 6.07) is 0. The van der Waals surface area contributed by atoms with Crippen molar-refractivity contribution >= 4 is 5.97 Å². The van der Waals surface area contributed by atoms with Gasteiger partial charge >= 0.3 is 5.97 Å². The average molecular weight is 442 g/mol. The standard InChI is InChI=1S/C19H39NO10/c1-20-2-3-23-4-5-24-6-7-25-8-9-26-10-11-27-12-13-28-14-15-29-16-17-30-18-19(21)22/h20H,2-18H2,1H3,(H,21,22). The summed E-state index contributed by atoms with van der Waals surface area (Å²) >= 11 is 0. The zero-order chi connectivity index (χ0) is 22.0. The summed E-state index contributed by atoms with van der Waals surface area (Å²) in [5, 5.41) is 11.4. The normalized spacial score (nSPS) is 11.2. The van der Waals surface area contributed by atoms with Crippen LogP contribution >= 0.6 is 0 Å². The number of ether oxygens (including phenoxy) is 8. The van der Waals surface area contributed by atoms with Gasteiger partial charge in [0.15, 0.2) is 0 Å². The van der Waals surface area contributed by atoms with Crippen molar-refractivity contribution in [1.29, 1.82) is 0 Å². The van der Waals surface area contributed by atoms with E-state index in [0.29, 0.717) is 92.5 Å². The number of hydrogen-bond acceptors (Lipinski definition) is 10. The lowest BCUT2D eigenvalue weighted by molar-refractivity contribution is -0.142. The molecule has 0 saturated carbocycles. The fourth-order valence-electron chi connectivity index (χ4n) is 1.87. The van der Waals surface area contributed by atoms with Crippen LogP contribution in [0, 0.1) is 0 Å². The van der Waals surface area contributed by atoms with Gasteiger partial charge in [-0.05, 0) is 7.05 Å². The first-order valence-electron chi connectivity index (χ1n) is 10.3. The van der Waals surface area contributed by atoms with Crippen molar-refractivity contribution in [3.8, 4) is 0 Å². The second-order valence-electron chi connectivity index (χ2n) is 5.84. The highest BCUT2D eigenvalue weighted by Crippen LogP contribution is 1.85. The van der Waals surface area contributed by atoms with E-state index in [1.165, 1.54) is 0 Å². The summed E-state index contributed by atoms with van der Waals surface area (Å²) in [7, 11) is 1.89. The van der Waals surface area contributed by atoms with Crippen molar-refractivity contribution in [1.82, 2.24) is 5.32 Å². The van der Waals surface area contributed by atoms with Gasteiger partial charge in [-0.15, -0.1) is 0 Å². The monoisotopic (exact) mass is 441 g/mol. The molecule has 0 aliphatic rings. The third-order valence-corrected chi connectivity index (χ3v) is 3.33. The molecule has 0 saturated heterocycles. The van der Waals surface area contributed by atoms with Crippen molar-refractivity contribution in [2.24, 2.45) is 0 Å². The number of carboxylic acid groups (broad SMARTS) is 1. The Morgan fingerprint density at radius 2 is 0.800 bits per heavy atom. The third kappa shape index (κ3) is 27.1. The van der Waals surface area contributed by atoms with Crippen LogP contribution in [-0.2, 0) is 42.7 Å². The average Bonchev–Trinajstić information content (AvgIpc) is 2.73. The Hall–Kier alpha value is -0.890. The Kier molecular flexibility index (Phi) is 25.4. The number of rotatable bonds is 26. The molecule has 0 fully saturated rings. The molecular weight excluding hydrogens is 402 g/mol. The van der Waals surface area contributed by atoms with Crippen LogP contribution in [0.25, 0.3) is 0 Å². The number of aliphatic carboxylic acids is 1. The molecule has 0 radical (unpaired) electrons. The van der Waals surface area contributed by atoms with Gasteiger partial charge in [-0.1, -0.05) is 0 Å². The zero-order valence-electron chi connectivity index (χ0n) is 18.1. The molecule has 0 aromatic carbocycles. The molecule has 30 heavy (non-hydrogen) atoms.